The van der Waals surface area contributed by atoms with Crippen LogP contribution < -0.4 is 10.1 Å². The van der Waals surface area contributed by atoms with Crippen LogP contribution in [0.1, 0.15) is 16.7 Å². The van der Waals surface area contributed by atoms with Crippen molar-refractivity contribution in [2.45, 2.75) is 13.3 Å². The number of nitrogens with zero attached hydrogens (tertiary/aromatic N) is 1. The monoisotopic (exact) mass is 346 g/mol. The lowest BCUT2D eigenvalue weighted by atomic mass is 9.98. The van der Waals surface area contributed by atoms with Crippen molar-refractivity contribution in [2.24, 2.45) is 0 Å². The molecule has 0 spiro atoms. The fraction of sp³-hybridized carbons (Fsp3) is 0.136. The van der Waals surface area contributed by atoms with E-state index in [1.807, 2.05) is 18.3 Å². The van der Waals surface area contributed by atoms with E-state index in [0.29, 0.717) is 17.1 Å². The highest BCUT2D eigenvalue weighted by Gasteiger charge is 2.15. The van der Waals surface area contributed by atoms with Crippen molar-refractivity contribution >= 4 is 11.5 Å². The van der Waals surface area contributed by atoms with Gasteiger partial charge in [0.15, 0.2) is 0 Å². The van der Waals surface area contributed by atoms with E-state index in [2.05, 4.69) is 35.9 Å². The van der Waals surface area contributed by atoms with Crippen LogP contribution in [0.5, 0.6) is 5.75 Å². The Morgan fingerprint density at radius 1 is 1.19 bits per heavy atom. The summed E-state index contributed by atoms with van der Waals surface area (Å²) in [7, 11) is 0. The van der Waals surface area contributed by atoms with Crippen LogP contribution in [0.2, 0.25) is 0 Å². The molecular formula is C22H19FN2O. The average molecular weight is 346 g/mol. The number of hydrogen-bond acceptors (Lipinski definition) is 3. The third-order valence-electron chi connectivity index (χ3n) is 4.59. The van der Waals surface area contributed by atoms with Crippen molar-refractivity contribution in [3.63, 3.8) is 0 Å². The average Bonchev–Trinajstić information content (AvgIpc) is 3.09. The van der Waals surface area contributed by atoms with Gasteiger partial charge < -0.3 is 10.1 Å². The van der Waals surface area contributed by atoms with Crippen LogP contribution in [0.3, 0.4) is 0 Å². The topological polar surface area (TPSA) is 34.1 Å². The highest BCUT2D eigenvalue weighted by molar-refractivity contribution is 5.75. The molecule has 0 atom stereocenters. The van der Waals surface area contributed by atoms with Gasteiger partial charge in [0.05, 0.1) is 6.61 Å². The molecular weight excluding hydrogens is 327 g/mol. The predicted octanol–water partition coefficient (Wildman–Crippen LogP) is 5.21. The largest absolute Gasteiger partial charge is 0.493 e. The molecule has 0 aliphatic carbocycles. The molecule has 3 nitrogen and oxygen atoms in total. The van der Waals surface area contributed by atoms with Crippen molar-refractivity contribution in [1.82, 2.24) is 4.98 Å². The van der Waals surface area contributed by atoms with Gasteiger partial charge in [0.2, 0.25) is 0 Å². The Morgan fingerprint density at radius 3 is 2.81 bits per heavy atom. The van der Waals surface area contributed by atoms with Crippen LogP contribution in [-0.4, -0.2) is 11.6 Å². The Morgan fingerprint density at radius 2 is 2.04 bits per heavy atom. The molecule has 0 radical (unpaired) electrons. The first kappa shape index (κ1) is 16.3. The van der Waals surface area contributed by atoms with Gasteiger partial charge in [-0.05, 0) is 60.0 Å². The molecule has 0 bridgehead atoms. The second-order valence-electron chi connectivity index (χ2n) is 6.39. The SMILES string of the molecule is C=C(Nc1ccc(-c2cc3c(cc2C)OCC3)cn1)c1ccccc1F. The summed E-state index contributed by atoms with van der Waals surface area (Å²) in [4.78, 5) is 4.46. The van der Waals surface area contributed by atoms with E-state index >= 15 is 0 Å². The summed E-state index contributed by atoms with van der Waals surface area (Å²) < 4.78 is 19.5. The zero-order valence-corrected chi connectivity index (χ0v) is 14.6. The van der Waals surface area contributed by atoms with Gasteiger partial charge in [-0.3, -0.25) is 0 Å². The van der Waals surface area contributed by atoms with Gasteiger partial charge in [0.1, 0.15) is 17.4 Å². The molecule has 2 heterocycles. The standard InChI is InChI=1S/C22H19FN2O/c1-14-11-21-16(9-10-26-21)12-19(14)17-7-8-22(24-13-17)25-15(2)18-5-3-4-6-20(18)23/h3-8,11-13H,2,9-10H2,1H3,(H,24,25). The van der Waals surface area contributed by atoms with Crippen molar-refractivity contribution in [2.75, 3.05) is 11.9 Å². The van der Waals surface area contributed by atoms with Gasteiger partial charge in [0, 0.05) is 29.4 Å². The number of aryl methyl sites for hydroxylation is 1. The first-order valence-corrected chi connectivity index (χ1v) is 8.55. The molecule has 1 N–H and O–H groups in total. The maximum absolute atomic E-state index is 13.9. The number of hydrogen-bond donors (Lipinski definition) is 1. The molecule has 1 aliphatic heterocycles. The maximum Gasteiger partial charge on any atom is 0.132 e. The summed E-state index contributed by atoms with van der Waals surface area (Å²) in [5.41, 5.74) is 5.51. The third kappa shape index (κ3) is 3.06. The van der Waals surface area contributed by atoms with Gasteiger partial charge in [-0.2, -0.15) is 0 Å². The molecule has 0 saturated heterocycles. The number of fused-ring (bicyclic) bond motifs is 1. The first-order valence-electron chi connectivity index (χ1n) is 8.55. The van der Waals surface area contributed by atoms with Crippen LogP contribution in [0, 0.1) is 12.7 Å². The van der Waals surface area contributed by atoms with E-state index in [9.17, 15) is 4.39 Å². The lowest BCUT2D eigenvalue weighted by Crippen LogP contribution is -2.01. The van der Waals surface area contributed by atoms with Crippen LogP contribution >= 0.6 is 0 Å². The third-order valence-corrected chi connectivity index (χ3v) is 4.59. The summed E-state index contributed by atoms with van der Waals surface area (Å²) in [6, 6.07) is 14.7. The molecule has 26 heavy (non-hydrogen) atoms. The Kier molecular flexibility index (Phi) is 4.17. The lowest BCUT2D eigenvalue weighted by molar-refractivity contribution is 0.356. The van der Waals surface area contributed by atoms with E-state index in [1.54, 1.807) is 18.2 Å². The normalized spacial score (nSPS) is 12.4. The number of anilines is 1. The Labute approximate surface area is 152 Å². The van der Waals surface area contributed by atoms with Crippen LogP contribution in [0.4, 0.5) is 10.2 Å². The number of benzene rings is 2. The molecule has 1 aliphatic rings. The molecule has 130 valence electrons. The zero-order chi connectivity index (χ0) is 18.1. The van der Waals surface area contributed by atoms with Crippen molar-refractivity contribution < 1.29 is 9.13 Å². The summed E-state index contributed by atoms with van der Waals surface area (Å²) >= 11 is 0. The van der Waals surface area contributed by atoms with Gasteiger partial charge in [-0.25, -0.2) is 9.37 Å². The number of aromatic nitrogens is 1. The smallest absolute Gasteiger partial charge is 0.132 e. The Hall–Kier alpha value is -3.14. The minimum absolute atomic E-state index is 0.308. The molecule has 3 aromatic rings. The summed E-state index contributed by atoms with van der Waals surface area (Å²) in [5.74, 6) is 1.31. The molecule has 0 fully saturated rings. The van der Waals surface area contributed by atoms with Crippen LogP contribution in [0.15, 0.2) is 61.3 Å². The highest BCUT2D eigenvalue weighted by atomic mass is 19.1. The Balaban J connectivity index is 1.56. The van der Waals surface area contributed by atoms with Crippen LogP contribution in [0.25, 0.3) is 16.8 Å². The number of halogens is 1. The molecule has 1 aromatic heterocycles. The first-order chi connectivity index (χ1) is 12.6. The fourth-order valence-electron chi connectivity index (χ4n) is 3.19. The van der Waals surface area contributed by atoms with Crippen molar-refractivity contribution in [1.29, 1.82) is 0 Å². The van der Waals surface area contributed by atoms with E-state index in [4.69, 9.17) is 4.74 Å². The number of pyridine rings is 1. The Bertz CT molecular complexity index is 980. The summed E-state index contributed by atoms with van der Waals surface area (Å²) in [6.07, 6.45) is 2.76. The lowest BCUT2D eigenvalue weighted by Gasteiger charge is -2.12. The van der Waals surface area contributed by atoms with Gasteiger partial charge >= 0.3 is 0 Å². The molecule has 4 rings (SSSR count). The molecule has 0 amide bonds. The second-order valence-corrected chi connectivity index (χ2v) is 6.39. The second kappa shape index (κ2) is 6.64. The van der Waals surface area contributed by atoms with Gasteiger partial charge in [-0.15, -0.1) is 0 Å². The summed E-state index contributed by atoms with van der Waals surface area (Å²) in [5, 5.41) is 3.07. The number of nitrogens with one attached hydrogen (secondary N) is 1. The minimum Gasteiger partial charge on any atom is -0.493 e. The maximum atomic E-state index is 13.9. The molecule has 0 saturated carbocycles. The zero-order valence-electron chi connectivity index (χ0n) is 14.6. The predicted molar refractivity (Wildman–Crippen MR) is 103 cm³/mol. The quantitative estimate of drug-likeness (QED) is 0.704. The van der Waals surface area contributed by atoms with E-state index in [1.165, 1.54) is 11.6 Å². The summed E-state index contributed by atoms with van der Waals surface area (Å²) in [6.45, 7) is 6.73. The number of ether oxygens (including phenoxy) is 1. The molecule has 0 unspecified atom stereocenters. The minimum atomic E-state index is -0.308. The number of rotatable bonds is 4. The van der Waals surface area contributed by atoms with E-state index < -0.39 is 0 Å². The van der Waals surface area contributed by atoms with Crippen LogP contribution in [-0.2, 0) is 6.42 Å². The van der Waals surface area contributed by atoms with Gasteiger partial charge in [-0.1, -0.05) is 18.7 Å². The molecule has 4 heteroatoms. The van der Waals surface area contributed by atoms with Crippen molar-refractivity contribution in [3.8, 4) is 16.9 Å². The fourth-order valence-corrected chi connectivity index (χ4v) is 3.19. The molecule has 2 aromatic carbocycles. The highest BCUT2D eigenvalue weighted by Crippen LogP contribution is 2.33. The van der Waals surface area contributed by atoms with E-state index in [0.717, 1.165) is 35.5 Å². The van der Waals surface area contributed by atoms with Gasteiger partial charge in [0.25, 0.3) is 0 Å². The van der Waals surface area contributed by atoms with Crippen molar-refractivity contribution in [3.05, 3.63) is 83.8 Å². The van der Waals surface area contributed by atoms with E-state index in [-0.39, 0.29) is 5.82 Å².